The zero-order valence-electron chi connectivity index (χ0n) is 12.9. The first-order valence-electron chi connectivity index (χ1n) is 8.63. The molecule has 2 rings (SSSR count). The average Bonchev–Trinajstić information content (AvgIpc) is 2.47. The molecule has 0 saturated carbocycles. The normalized spacial score (nSPS) is 27.6. The fourth-order valence-corrected chi connectivity index (χ4v) is 3.03. The minimum Gasteiger partial charge on any atom is -0.201 e. The van der Waals surface area contributed by atoms with Crippen LogP contribution in [0.3, 0.4) is 0 Å². The quantitative estimate of drug-likeness (QED) is 0.323. The van der Waals surface area contributed by atoms with Gasteiger partial charge in [0.25, 0.3) is 0 Å². The number of hydrogen-bond acceptors (Lipinski definition) is 0. The third-order valence-electron chi connectivity index (χ3n) is 4.30. The lowest BCUT2D eigenvalue weighted by atomic mass is 10.00. The fraction of sp³-hybridized carbons (Fsp3) is 0.684. The molecule has 0 aromatic rings. The van der Waals surface area contributed by atoms with Crippen LogP contribution in [0.1, 0.15) is 70.6 Å². The molecule has 0 spiro atoms. The van der Waals surface area contributed by atoms with E-state index < -0.39 is 0 Å². The van der Waals surface area contributed by atoms with Gasteiger partial charge in [0.2, 0.25) is 6.20 Å². The maximum absolute atomic E-state index is 3.33. The summed E-state index contributed by atoms with van der Waals surface area (Å²) in [6.45, 7) is 1.17. The summed E-state index contributed by atoms with van der Waals surface area (Å²) in [6, 6.07) is 0. The monoisotopic (exact) mass is 272 g/mol. The maximum Gasteiger partial charge on any atom is 0.211 e. The Hall–Kier alpha value is -1.07. The molecule has 2 aliphatic rings. The number of allylic oxidation sites excluding steroid dienone is 3. The minimum absolute atomic E-state index is 0.623. The molecule has 2 bridgehead atoms. The van der Waals surface area contributed by atoms with Crippen LogP contribution < -0.4 is 0 Å². The number of nitrogens with zero attached hydrogens (tertiary/aromatic N) is 1. The molecule has 1 nitrogen and oxygen atoms in total. The van der Waals surface area contributed by atoms with E-state index in [0.29, 0.717) is 5.92 Å². The van der Waals surface area contributed by atoms with Crippen LogP contribution in [0.25, 0.3) is 0 Å². The van der Waals surface area contributed by atoms with Crippen LogP contribution in [0, 0.1) is 5.92 Å². The first-order valence-corrected chi connectivity index (χ1v) is 8.63. The Balaban J connectivity index is 1.81. The van der Waals surface area contributed by atoms with Crippen molar-refractivity contribution in [2.75, 3.05) is 6.54 Å². The molecule has 0 aliphatic carbocycles. The van der Waals surface area contributed by atoms with Crippen LogP contribution in [0.15, 0.2) is 30.2 Å². The van der Waals surface area contributed by atoms with Crippen molar-refractivity contribution in [3.63, 3.8) is 0 Å². The summed E-state index contributed by atoms with van der Waals surface area (Å²) < 4.78 is 2.36. The maximum atomic E-state index is 3.33. The summed E-state index contributed by atoms with van der Waals surface area (Å²) in [5.41, 5.74) is 3.33. The van der Waals surface area contributed by atoms with Gasteiger partial charge in [0.1, 0.15) is 6.54 Å². The van der Waals surface area contributed by atoms with E-state index in [2.05, 4.69) is 40.9 Å². The van der Waals surface area contributed by atoms with E-state index in [4.69, 9.17) is 0 Å². The Kier molecular flexibility index (Phi) is 7.49. The van der Waals surface area contributed by atoms with Gasteiger partial charge in [-0.15, -0.1) is 0 Å². The van der Waals surface area contributed by atoms with Crippen LogP contribution >= 0.6 is 0 Å². The van der Waals surface area contributed by atoms with Crippen LogP contribution in [0.5, 0.6) is 0 Å². The molecule has 1 heteroatoms. The summed E-state index contributed by atoms with van der Waals surface area (Å²) in [7, 11) is 0. The summed E-state index contributed by atoms with van der Waals surface area (Å²) in [6.07, 6.45) is 26.4. The van der Waals surface area contributed by atoms with E-state index in [-0.39, 0.29) is 0 Å². The predicted molar refractivity (Wildman–Crippen MR) is 87.3 cm³/mol. The third-order valence-corrected chi connectivity index (χ3v) is 4.30. The molecular weight excluding hydrogens is 242 g/mol. The van der Waals surface area contributed by atoms with E-state index in [0.717, 1.165) is 0 Å². The standard InChI is InChI=1S/C19H30N/c1-2-4-6-8-10-12-16-20-17-13-15-19(18-20)14-11-9-7-5-3-1/h2,4,15,17-19H,1,3,5-12,14,16H2/q+1/b4-2+. The lowest BCUT2D eigenvalue weighted by Crippen LogP contribution is -2.15. The Morgan fingerprint density at radius 1 is 0.800 bits per heavy atom. The topological polar surface area (TPSA) is 3.01 Å². The van der Waals surface area contributed by atoms with E-state index in [9.17, 15) is 0 Å². The van der Waals surface area contributed by atoms with Gasteiger partial charge in [-0.3, -0.25) is 0 Å². The van der Waals surface area contributed by atoms with E-state index in [1.54, 1.807) is 0 Å². The van der Waals surface area contributed by atoms with Gasteiger partial charge in [-0.2, -0.15) is 0 Å². The van der Waals surface area contributed by atoms with Gasteiger partial charge in [-0.05, 0) is 44.6 Å². The molecule has 0 saturated heterocycles. The van der Waals surface area contributed by atoms with Crippen molar-refractivity contribution in [3.05, 3.63) is 30.2 Å². The van der Waals surface area contributed by atoms with E-state index in [1.807, 2.05) is 0 Å². The molecule has 1 atom stereocenters. The van der Waals surface area contributed by atoms with Gasteiger partial charge in [-0.25, -0.2) is 4.58 Å². The largest absolute Gasteiger partial charge is 0.211 e. The second-order valence-corrected chi connectivity index (χ2v) is 6.18. The van der Waals surface area contributed by atoms with Gasteiger partial charge in [0.05, 0.1) is 5.92 Å². The van der Waals surface area contributed by atoms with Crippen molar-refractivity contribution >= 4 is 6.21 Å². The van der Waals surface area contributed by atoms with Gasteiger partial charge < -0.3 is 0 Å². The van der Waals surface area contributed by atoms with Gasteiger partial charge in [0, 0.05) is 6.42 Å². The molecule has 2 aliphatic heterocycles. The Bertz CT molecular complexity index is 383. The molecule has 0 aromatic heterocycles. The molecule has 0 aromatic carbocycles. The van der Waals surface area contributed by atoms with E-state index >= 15 is 0 Å². The number of fused-ring (bicyclic) bond motifs is 1. The van der Waals surface area contributed by atoms with Crippen molar-refractivity contribution in [2.45, 2.75) is 70.6 Å². The summed E-state index contributed by atoms with van der Waals surface area (Å²) in [5.74, 6) is 0.623. The Labute approximate surface area is 124 Å². The van der Waals surface area contributed by atoms with Gasteiger partial charge >= 0.3 is 0 Å². The summed E-state index contributed by atoms with van der Waals surface area (Å²) in [4.78, 5) is 0. The van der Waals surface area contributed by atoms with Gasteiger partial charge in [-0.1, -0.05) is 43.6 Å². The van der Waals surface area contributed by atoms with Crippen LogP contribution in [0.2, 0.25) is 0 Å². The van der Waals surface area contributed by atoms with Crippen LogP contribution in [0.4, 0.5) is 0 Å². The van der Waals surface area contributed by atoms with Crippen molar-refractivity contribution in [2.24, 2.45) is 5.92 Å². The SMILES string of the molecule is C1=CC2C=[N+](C=1)CCCCC/C=C/CCCCCCC2. The molecule has 1 unspecified atom stereocenters. The Morgan fingerprint density at radius 2 is 1.50 bits per heavy atom. The second kappa shape index (κ2) is 9.77. The molecular formula is C19H30N+. The van der Waals surface area contributed by atoms with Crippen molar-refractivity contribution in [1.29, 1.82) is 0 Å². The van der Waals surface area contributed by atoms with Crippen molar-refractivity contribution < 1.29 is 4.58 Å². The first kappa shape index (κ1) is 15.3. The molecule has 110 valence electrons. The highest BCUT2D eigenvalue weighted by atomic mass is 15.0. The van der Waals surface area contributed by atoms with Gasteiger partial charge in [0.15, 0.2) is 6.21 Å². The molecule has 0 N–H and O–H groups in total. The highest BCUT2D eigenvalue weighted by Gasteiger charge is 2.11. The van der Waals surface area contributed by atoms with Crippen LogP contribution in [-0.4, -0.2) is 17.3 Å². The zero-order valence-corrected chi connectivity index (χ0v) is 12.9. The third kappa shape index (κ3) is 6.39. The molecule has 20 heavy (non-hydrogen) atoms. The smallest absolute Gasteiger partial charge is 0.201 e. The highest BCUT2D eigenvalue weighted by Crippen LogP contribution is 2.14. The zero-order chi connectivity index (χ0) is 13.9. The minimum atomic E-state index is 0.623. The van der Waals surface area contributed by atoms with Crippen molar-refractivity contribution in [3.8, 4) is 0 Å². The van der Waals surface area contributed by atoms with E-state index in [1.165, 1.54) is 77.2 Å². The molecule has 0 amide bonds. The number of hydrogen-bond donors (Lipinski definition) is 0. The molecule has 2 heterocycles. The summed E-state index contributed by atoms with van der Waals surface area (Å²) >= 11 is 0. The van der Waals surface area contributed by atoms with Crippen LogP contribution in [-0.2, 0) is 0 Å². The first-order chi connectivity index (χ1) is 9.95. The summed E-state index contributed by atoms with van der Waals surface area (Å²) in [5, 5.41) is 0. The predicted octanol–water partition coefficient (Wildman–Crippen LogP) is 5.23. The Morgan fingerprint density at radius 3 is 2.35 bits per heavy atom. The highest BCUT2D eigenvalue weighted by molar-refractivity contribution is 5.58. The molecule has 0 radical (unpaired) electrons. The fourth-order valence-electron chi connectivity index (χ4n) is 3.03. The lowest BCUT2D eigenvalue weighted by molar-refractivity contribution is -0.455. The average molecular weight is 272 g/mol. The number of rotatable bonds is 0. The van der Waals surface area contributed by atoms with Crippen molar-refractivity contribution in [1.82, 2.24) is 0 Å². The molecule has 0 fully saturated rings. The second-order valence-electron chi connectivity index (χ2n) is 6.18. The lowest BCUT2D eigenvalue weighted by Gasteiger charge is -2.08.